The fourth-order valence-electron chi connectivity index (χ4n) is 4.72. The average Bonchev–Trinajstić information content (AvgIpc) is 2.89. The molecule has 3 amide bonds. The normalized spacial score (nSPS) is 12.8. The van der Waals surface area contributed by atoms with Crippen LogP contribution in [-0.4, -0.2) is 62.4 Å². The van der Waals surface area contributed by atoms with E-state index in [4.69, 9.17) is 10.2 Å². The van der Waals surface area contributed by atoms with Gasteiger partial charge in [0.25, 0.3) is 23.3 Å². The predicted octanol–water partition coefficient (Wildman–Crippen LogP) is 1.16. The van der Waals surface area contributed by atoms with Gasteiger partial charge in [0, 0.05) is 55.8 Å². The summed E-state index contributed by atoms with van der Waals surface area (Å²) in [6, 6.07) is 12.1. The Morgan fingerprint density at radius 3 is 1.97 bits per heavy atom. The number of nitrogens with one attached hydrogen (secondary N) is 1. The summed E-state index contributed by atoms with van der Waals surface area (Å²) in [6.07, 6.45) is -0.392. The van der Waals surface area contributed by atoms with Crippen molar-refractivity contribution in [2.24, 2.45) is 0 Å². The monoisotopic (exact) mass is 513 g/mol. The van der Waals surface area contributed by atoms with Crippen LogP contribution in [0.2, 0.25) is 0 Å². The molecule has 3 aromatic carbocycles. The van der Waals surface area contributed by atoms with E-state index >= 15 is 0 Å². The van der Waals surface area contributed by atoms with Gasteiger partial charge in [-0.15, -0.1) is 0 Å². The molecule has 11 heteroatoms. The molecule has 1 aliphatic rings. The smallest absolute Gasteiger partial charge is 0.322 e. The van der Waals surface area contributed by atoms with E-state index in [0.717, 1.165) is 4.90 Å². The number of nitrogens with zero attached hydrogens (tertiary/aromatic N) is 2. The van der Waals surface area contributed by atoms with Gasteiger partial charge in [-0.1, -0.05) is 12.6 Å². The lowest BCUT2D eigenvalue weighted by molar-refractivity contribution is -0.137. The predicted molar refractivity (Wildman–Crippen MR) is 135 cm³/mol. The van der Waals surface area contributed by atoms with Crippen LogP contribution >= 0.6 is 0 Å². The number of carbonyl (C=O) groups excluding carboxylic acids is 3. The first-order valence-electron chi connectivity index (χ1n) is 11.4. The Morgan fingerprint density at radius 1 is 0.789 bits per heavy atom. The number of hydrogen-bond acceptors (Lipinski definition) is 6. The van der Waals surface area contributed by atoms with Crippen molar-refractivity contribution in [1.29, 1.82) is 0 Å². The Hall–Kier alpha value is -5.32. The Morgan fingerprint density at radius 2 is 1.39 bits per heavy atom. The summed E-state index contributed by atoms with van der Waals surface area (Å²) in [6.45, 7) is 3.26. The number of aromatic nitrogens is 1. The molecule has 0 unspecified atom stereocenters. The van der Waals surface area contributed by atoms with Crippen LogP contribution < -0.4 is 16.2 Å². The molecule has 0 radical (unpaired) electrons. The summed E-state index contributed by atoms with van der Waals surface area (Å²) in [5.74, 6) is -4.17. The fourth-order valence-corrected chi connectivity index (χ4v) is 4.72. The van der Waals surface area contributed by atoms with Crippen molar-refractivity contribution in [3.05, 3.63) is 80.9 Å². The van der Waals surface area contributed by atoms with Crippen molar-refractivity contribution in [1.82, 2.24) is 14.8 Å². The summed E-state index contributed by atoms with van der Waals surface area (Å²) in [4.78, 5) is 74.6. The molecule has 5 rings (SSSR count). The van der Waals surface area contributed by atoms with Crippen molar-refractivity contribution in [3.63, 3.8) is 0 Å². The SMILES string of the molecule is C=c1c2ccc3c4c(ccc(c(=O)n1-c1ccc(C(=O)NCC(=O)O)cc1)c42)C(=O)N(CCC(=O)O)C3=O. The van der Waals surface area contributed by atoms with Gasteiger partial charge >= 0.3 is 11.9 Å². The number of hydrogen-bond donors (Lipinski definition) is 3. The van der Waals surface area contributed by atoms with Crippen LogP contribution in [0.1, 0.15) is 37.5 Å². The Bertz CT molecular complexity index is 1740. The summed E-state index contributed by atoms with van der Waals surface area (Å²) in [5.41, 5.74) is 0.532. The molecular weight excluding hydrogens is 494 g/mol. The second-order valence-electron chi connectivity index (χ2n) is 8.69. The minimum absolute atomic E-state index is 0.191. The molecule has 0 saturated heterocycles. The maximum absolute atomic E-state index is 13.6. The van der Waals surface area contributed by atoms with Crippen molar-refractivity contribution in [2.75, 3.05) is 13.1 Å². The number of pyridine rings is 1. The number of aliphatic carboxylic acids is 2. The standard InChI is InChI=1S/C27H19N3O8/c1-13-16-6-7-17-23-18(26(37)29(25(17)36)11-10-20(31)32)8-9-19(22(16)23)27(38)30(13)15-4-2-14(3-5-15)24(35)28-12-21(33)34/h2-9H,1,10-12H2,(H,28,35)(H,31,32)(H,33,34). The molecule has 1 aliphatic heterocycles. The molecule has 0 fully saturated rings. The minimum Gasteiger partial charge on any atom is -0.481 e. The molecule has 0 spiro atoms. The third-order valence-electron chi connectivity index (χ3n) is 6.46. The highest BCUT2D eigenvalue weighted by Crippen LogP contribution is 2.34. The maximum atomic E-state index is 13.6. The van der Waals surface area contributed by atoms with E-state index in [1.54, 1.807) is 6.07 Å². The Kier molecular flexibility index (Phi) is 5.75. The molecule has 0 bridgehead atoms. The van der Waals surface area contributed by atoms with Crippen molar-refractivity contribution < 1.29 is 34.2 Å². The molecule has 4 aromatic rings. The zero-order valence-electron chi connectivity index (χ0n) is 19.7. The van der Waals surface area contributed by atoms with Crippen LogP contribution in [0.3, 0.4) is 0 Å². The largest absolute Gasteiger partial charge is 0.481 e. The van der Waals surface area contributed by atoms with E-state index < -0.39 is 48.2 Å². The van der Waals surface area contributed by atoms with Gasteiger partial charge in [0.05, 0.1) is 6.42 Å². The van der Waals surface area contributed by atoms with Crippen LogP contribution in [0.15, 0.2) is 53.3 Å². The van der Waals surface area contributed by atoms with Gasteiger partial charge in [0.2, 0.25) is 0 Å². The molecule has 38 heavy (non-hydrogen) atoms. The molecule has 0 saturated carbocycles. The van der Waals surface area contributed by atoms with Crippen LogP contribution in [0, 0.1) is 0 Å². The molecular formula is C27H19N3O8. The number of imide groups is 1. The van der Waals surface area contributed by atoms with Gasteiger partial charge in [-0.25, -0.2) is 0 Å². The summed E-state index contributed by atoms with van der Waals surface area (Å²) in [5, 5.41) is 21.8. The Labute approximate surface area is 213 Å². The first-order valence-corrected chi connectivity index (χ1v) is 11.4. The molecule has 1 aromatic heterocycles. The zero-order chi connectivity index (χ0) is 27.3. The van der Waals surface area contributed by atoms with Crippen molar-refractivity contribution in [3.8, 4) is 5.69 Å². The second kappa shape index (κ2) is 8.96. The van der Waals surface area contributed by atoms with E-state index in [-0.39, 0.29) is 28.6 Å². The van der Waals surface area contributed by atoms with Crippen LogP contribution in [0.5, 0.6) is 0 Å². The summed E-state index contributed by atoms with van der Waals surface area (Å²) >= 11 is 0. The number of carboxylic acid groups (broad SMARTS) is 2. The van der Waals surface area contributed by atoms with Crippen LogP contribution in [0.25, 0.3) is 33.8 Å². The maximum Gasteiger partial charge on any atom is 0.322 e. The number of carboxylic acids is 2. The minimum atomic E-state index is -1.18. The average molecular weight is 513 g/mol. The van der Waals surface area contributed by atoms with Gasteiger partial charge in [0.15, 0.2) is 0 Å². The quantitative estimate of drug-likeness (QED) is 0.310. The molecule has 0 atom stereocenters. The summed E-state index contributed by atoms with van der Waals surface area (Å²) in [7, 11) is 0. The van der Waals surface area contributed by atoms with Gasteiger partial charge < -0.3 is 15.5 Å². The number of carbonyl (C=O) groups is 5. The van der Waals surface area contributed by atoms with Gasteiger partial charge in [-0.05, 0) is 42.5 Å². The molecule has 190 valence electrons. The molecule has 0 aliphatic carbocycles. The van der Waals surface area contributed by atoms with Crippen molar-refractivity contribution >= 4 is 57.8 Å². The van der Waals surface area contributed by atoms with E-state index in [0.29, 0.717) is 27.2 Å². The number of rotatable bonds is 7. The Balaban J connectivity index is 1.64. The van der Waals surface area contributed by atoms with Gasteiger partial charge in [-0.2, -0.15) is 0 Å². The van der Waals surface area contributed by atoms with E-state index in [2.05, 4.69) is 11.9 Å². The third-order valence-corrected chi connectivity index (χ3v) is 6.46. The molecule has 3 N–H and O–H groups in total. The lowest BCUT2D eigenvalue weighted by atomic mass is 9.90. The highest BCUT2D eigenvalue weighted by molar-refractivity contribution is 6.30. The number of benzene rings is 3. The van der Waals surface area contributed by atoms with E-state index in [9.17, 15) is 28.8 Å². The highest BCUT2D eigenvalue weighted by Gasteiger charge is 2.34. The third kappa shape index (κ3) is 3.77. The summed E-state index contributed by atoms with van der Waals surface area (Å²) < 4.78 is 1.35. The van der Waals surface area contributed by atoms with E-state index in [1.165, 1.54) is 47.0 Å². The van der Waals surface area contributed by atoms with Gasteiger partial charge in [0.1, 0.15) is 6.54 Å². The lowest BCUT2D eigenvalue weighted by Gasteiger charge is -2.27. The van der Waals surface area contributed by atoms with Crippen LogP contribution in [0.4, 0.5) is 0 Å². The second-order valence-corrected chi connectivity index (χ2v) is 8.69. The first kappa shape index (κ1) is 24.4. The van der Waals surface area contributed by atoms with Gasteiger partial charge in [-0.3, -0.25) is 38.2 Å². The first-order chi connectivity index (χ1) is 18.1. The highest BCUT2D eigenvalue weighted by atomic mass is 16.4. The van der Waals surface area contributed by atoms with Crippen LogP contribution in [-0.2, 0) is 9.59 Å². The molecule has 11 nitrogen and oxygen atoms in total. The number of amides is 3. The fraction of sp³-hybridized carbons (Fsp3) is 0.111. The van der Waals surface area contributed by atoms with E-state index in [1.807, 2.05) is 0 Å². The lowest BCUT2D eigenvalue weighted by Crippen LogP contribution is -2.42. The molecule has 2 heterocycles. The van der Waals surface area contributed by atoms with Crippen molar-refractivity contribution in [2.45, 2.75) is 6.42 Å². The zero-order valence-corrected chi connectivity index (χ0v) is 19.7. The topological polar surface area (TPSA) is 163 Å².